The van der Waals surface area contributed by atoms with Crippen LogP contribution in [0.25, 0.3) is 0 Å². The molecule has 0 fully saturated rings. The van der Waals surface area contributed by atoms with Crippen LogP contribution in [-0.2, 0) is 6.42 Å². The Balaban J connectivity index is 2.68. The Morgan fingerprint density at radius 3 is 2.33 bits per heavy atom. The van der Waals surface area contributed by atoms with Gasteiger partial charge in [-0.3, -0.25) is 4.79 Å². The molecule has 3 nitrogen and oxygen atoms in total. The fraction of sp³-hybridized carbons (Fsp3) is 0.417. The molecule has 1 rings (SSSR count). The summed E-state index contributed by atoms with van der Waals surface area (Å²) in [5.74, 6) is 0.0511. The maximum atomic E-state index is 11.6. The van der Waals surface area contributed by atoms with Crippen LogP contribution in [0.4, 0.5) is 0 Å². The number of benzene rings is 1. The van der Waals surface area contributed by atoms with E-state index in [1.807, 2.05) is 31.3 Å². The van der Waals surface area contributed by atoms with E-state index in [2.05, 4.69) is 5.32 Å². The average molecular weight is 206 g/mol. The van der Waals surface area contributed by atoms with Crippen molar-refractivity contribution in [2.75, 3.05) is 27.7 Å². The molecule has 0 aliphatic carbocycles. The minimum absolute atomic E-state index is 0.0511. The molecule has 1 amide bonds. The lowest BCUT2D eigenvalue weighted by Crippen LogP contribution is -2.21. The summed E-state index contributed by atoms with van der Waals surface area (Å²) < 4.78 is 0. The number of nitrogens with zero attached hydrogens (tertiary/aromatic N) is 1. The molecule has 1 N–H and O–H groups in total. The van der Waals surface area contributed by atoms with E-state index in [-0.39, 0.29) is 5.91 Å². The van der Waals surface area contributed by atoms with E-state index < -0.39 is 0 Å². The van der Waals surface area contributed by atoms with Crippen molar-refractivity contribution in [2.45, 2.75) is 6.42 Å². The van der Waals surface area contributed by atoms with Gasteiger partial charge in [0.25, 0.3) is 5.91 Å². The third-order valence-electron chi connectivity index (χ3n) is 2.27. The van der Waals surface area contributed by atoms with Gasteiger partial charge < -0.3 is 10.2 Å². The number of likely N-dealkylation sites (N-methyl/N-ethyl adjacent to an activating group) is 1. The molecule has 0 saturated carbocycles. The third kappa shape index (κ3) is 3.36. The lowest BCUT2D eigenvalue weighted by Gasteiger charge is -2.10. The predicted molar refractivity (Wildman–Crippen MR) is 62.1 cm³/mol. The summed E-state index contributed by atoms with van der Waals surface area (Å²) in [4.78, 5) is 13.2. The molecule has 3 heteroatoms. The van der Waals surface area contributed by atoms with Crippen molar-refractivity contribution < 1.29 is 4.79 Å². The molecule has 0 unspecified atom stereocenters. The molecule has 0 aliphatic heterocycles. The number of amides is 1. The number of hydrogen-bond donors (Lipinski definition) is 1. The molecule has 0 aliphatic rings. The summed E-state index contributed by atoms with van der Waals surface area (Å²) in [6, 6.07) is 7.78. The normalized spacial score (nSPS) is 10.1. The van der Waals surface area contributed by atoms with Crippen LogP contribution in [0.5, 0.6) is 0 Å². The second-order valence-electron chi connectivity index (χ2n) is 3.75. The van der Waals surface area contributed by atoms with E-state index in [9.17, 15) is 4.79 Å². The highest BCUT2D eigenvalue weighted by molar-refractivity contribution is 5.93. The largest absolute Gasteiger partial charge is 0.345 e. The van der Waals surface area contributed by atoms with Gasteiger partial charge in [-0.2, -0.15) is 0 Å². The number of carbonyl (C=O) groups excluding carboxylic acids is 1. The lowest BCUT2D eigenvalue weighted by atomic mass is 10.1. The SMILES string of the molecule is CNCCc1ccc(C(=O)N(C)C)cc1. The Morgan fingerprint density at radius 1 is 1.27 bits per heavy atom. The number of nitrogens with one attached hydrogen (secondary N) is 1. The Hall–Kier alpha value is -1.35. The van der Waals surface area contributed by atoms with Crippen LogP contribution in [0.1, 0.15) is 15.9 Å². The Morgan fingerprint density at radius 2 is 1.87 bits per heavy atom. The quantitative estimate of drug-likeness (QED) is 0.801. The highest BCUT2D eigenvalue weighted by Crippen LogP contribution is 2.06. The van der Waals surface area contributed by atoms with Crippen molar-refractivity contribution in [1.82, 2.24) is 10.2 Å². The first-order valence-electron chi connectivity index (χ1n) is 5.10. The van der Waals surface area contributed by atoms with Crippen LogP contribution < -0.4 is 5.32 Å². The molecular formula is C12H18N2O. The van der Waals surface area contributed by atoms with Gasteiger partial charge in [-0.05, 0) is 37.7 Å². The van der Waals surface area contributed by atoms with E-state index in [4.69, 9.17) is 0 Å². The smallest absolute Gasteiger partial charge is 0.253 e. The molecular weight excluding hydrogens is 188 g/mol. The summed E-state index contributed by atoms with van der Waals surface area (Å²) in [5.41, 5.74) is 1.99. The van der Waals surface area contributed by atoms with Crippen LogP contribution in [0.3, 0.4) is 0 Å². The second kappa shape index (κ2) is 5.51. The van der Waals surface area contributed by atoms with E-state index in [0.29, 0.717) is 0 Å². The first-order valence-corrected chi connectivity index (χ1v) is 5.10. The summed E-state index contributed by atoms with van der Waals surface area (Å²) >= 11 is 0. The van der Waals surface area contributed by atoms with Crippen molar-refractivity contribution in [3.8, 4) is 0 Å². The maximum Gasteiger partial charge on any atom is 0.253 e. The van der Waals surface area contributed by atoms with Gasteiger partial charge in [0.1, 0.15) is 0 Å². The minimum Gasteiger partial charge on any atom is -0.345 e. The van der Waals surface area contributed by atoms with Gasteiger partial charge in [-0.1, -0.05) is 12.1 Å². The Bertz CT molecular complexity index is 317. The van der Waals surface area contributed by atoms with Gasteiger partial charge in [0.15, 0.2) is 0 Å². The Labute approximate surface area is 91.1 Å². The van der Waals surface area contributed by atoms with Gasteiger partial charge >= 0.3 is 0 Å². The van der Waals surface area contributed by atoms with Gasteiger partial charge in [0.2, 0.25) is 0 Å². The third-order valence-corrected chi connectivity index (χ3v) is 2.27. The van der Waals surface area contributed by atoms with Crippen LogP contribution >= 0.6 is 0 Å². The molecule has 0 aromatic heterocycles. The number of carbonyl (C=O) groups is 1. The fourth-order valence-corrected chi connectivity index (χ4v) is 1.34. The Kier molecular flexibility index (Phi) is 4.31. The molecule has 15 heavy (non-hydrogen) atoms. The molecule has 1 aromatic carbocycles. The van der Waals surface area contributed by atoms with Crippen LogP contribution in [0.2, 0.25) is 0 Å². The molecule has 0 spiro atoms. The molecule has 0 heterocycles. The maximum absolute atomic E-state index is 11.6. The van der Waals surface area contributed by atoms with Gasteiger partial charge in [-0.15, -0.1) is 0 Å². The van der Waals surface area contributed by atoms with Crippen molar-refractivity contribution >= 4 is 5.91 Å². The zero-order chi connectivity index (χ0) is 11.3. The van der Waals surface area contributed by atoms with Gasteiger partial charge in [-0.25, -0.2) is 0 Å². The summed E-state index contributed by atoms with van der Waals surface area (Å²) in [7, 11) is 5.46. The van der Waals surface area contributed by atoms with Crippen molar-refractivity contribution in [3.05, 3.63) is 35.4 Å². The fourth-order valence-electron chi connectivity index (χ4n) is 1.34. The van der Waals surface area contributed by atoms with Crippen LogP contribution in [-0.4, -0.2) is 38.5 Å². The molecule has 1 aromatic rings. The standard InChI is InChI=1S/C12H18N2O/c1-13-9-8-10-4-6-11(7-5-10)12(15)14(2)3/h4-7,13H,8-9H2,1-3H3. The van der Waals surface area contributed by atoms with E-state index >= 15 is 0 Å². The second-order valence-corrected chi connectivity index (χ2v) is 3.75. The van der Waals surface area contributed by atoms with Crippen LogP contribution in [0, 0.1) is 0 Å². The molecule has 0 atom stereocenters. The van der Waals surface area contributed by atoms with Crippen molar-refractivity contribution in [3.63, 3.8) is 0 Å². The number of rotatable bonds is 4. The first-order chi connectivity index (χ1) is 7.15. The van der Waals surface area contributed by atoms with E-state index in [1.165, 1.54) is 5.56 Å². The topological polar surface area (TPSA) is 32.3 Å². The van der Waals surface area contributed by atoms with E-state index in [0.717, 1.165) is 18.5 Å². The van der Waals surface area contributed by atoms with Crippen molar-refractivity contribution in [1.29, 1.82) is 0 Å². The van der Waals surface area contributed by atoms with Crippen LogP contribution in [0.15, 0.2) is 24.3 Å². The minimum atomic E-state index is 0.0511. The van der Waals surface area contributed by atoms with E-state index in [1.54, 1.807) is 19.0 Å². The van der Waals surface area contributed by atoms with Crippen molar-refractivity contribution in [2.24, 2.45) is 0 Å². The summed E-state index contributed by atoms with van der Waals surface area (Å²) in [6.07, 6.45) is 0.993. The molecule has 0 bridgehead atoms. The number of hydrogen-bond acceptors (Lipinski definition) is 2. The highest BCUT2D eigenvalue weighted by atomic mass is 16.2. The molecule has 82 valence electrons. The highest BCUT2D eigenvalue weighted by Gasteiger charge is 2.06. The monoisotopic (exact) mass is 206 g/mol. The summed E-state index contributed by atoms with van der Waals surface area (Å²) in [6.45, 7) is 0.959. The zero-order valence-electron chi connectivity index (χ0n) is 9.58. The first kappa shape index (κ1) is 11.7. The average Bonchev–Trinajstić information content (AvgIpc) is 2.26. The lowest BCUT2D eigenvalue weighted by molar-refractivity contribution is 0.0827. The predicted octanol–water partition coefficient (Wildman–Crippen LogP) is 1.15. The molecule has 0 saturated heterocycles. The van der Waals surface area contributed by atoms with Gasteiger partial charge in [0.05, 0.1) is 0 Å². The van der Waals surface area contributed by atoms with Gasteiger partial charge in [0, 0.05) is 19.7 Å². The summed E-state index contributed by atoms with van der Waals surface area (Å²) in [5, 5.41) is 3.10. The molecule has 0 radical (unpaired) electrons. The zero-order valence-corrected chi connectivity index (χ0v) is 9.58.